The summed E-state index contributed by atoms with van der Waals surface area (Å²) in [6.45, 7) is 1.58. The Bertz CT molecular complexity index is 1830. The molecule has 0 amide bonds. The lowest BCUT2D eigenvalue weighted by Crippen LogP contribution is -2.21. The second-order valence-electron chi connectivity index (χ2n) is 11.3. The minimum atomic E-state index is -4.98. The van der Waals surface area contributed by atoms with Gasteiger partial charge in [-0.1, -0.05) is 24.3 Å². The zero-order valence-electron chi connectivity index (χ0n) is 26.1. The first kappa shape index (κ1) is 37.9. The number of carboxylic acids is 1. The number of aryl methyl sites for hydroxylation is 1. The van der Waals surface area contributed by atoms with Crippen LogP contribution in [0.3, 0.4) is 0 Å². The van der Waals surface area contributed by atoms with Gasteiger partial charge in [-0.15, -0.1) is 0 Å². The fourth-order valence-electron chi connectivity index (χ4n) is 5.23. The van der Waals surface area contributed by atoms with E-state index < -0.39 is 58.8 Å². The number of carbonyl (C=O) groups is 1. The molecule has 1 fully saturated rings. The number of hydrogen-bond donors (Lipinski definition) is 3. The number of carboxylic acid groups (broad SMARTS) is 1. The summed E-state index contributed by atoms with van der Waals surface area (Å²) in [5, 5.41) is 26.6. The van der Waals surface area contributed by atoms with Crippen molar-refractivity contribution >= 4 is 11.7 Å². The molecule has 0 aromatic heterocycles. The number of ether oxygens (including phenoxy) is 2. The first-order valence-electron chi connectivity index (χ1n) is 14.5. The third-order valence-corrected chi connectivity index (χ3v) is 7.84. The van der Waals surface area contributed by atoms with Crippen LogP contribution < -0.4 is 4.74 Å². The van der Waals surface area contributed by atoms with Crippen LogP contribution in [0.4, 0.5) is 39.5 Å². The average molecular weight is 714 g/mol. The summed E-state index contributed by atoms with van der Waals surface area (Å²) in [7, 11) is 1.50. The van der Waals surface area contributed by atoms with Gasteiger partial charge < -0.3 is 25.1 Å². The predicted octanol–water partition coefficient (Wildman–Crippen LogP) is 9.48. The Labute approximate surface area is 279 Å². The van der Waals surface area contributed by atoms with Crippen LogP contribution in [-0.2, 0) is 23.3 Å². The van der Waals surface area contributed by atoms with Gasteiger partial charge in [-0.25, -0.2) is 4.79 Å². The molecule has 1 saturated heterocycles. The van der Waals surface area contributed by atoms with E-state index in [2.05, 4.69) is 0 Å². The molecule has 0 saturated carbocycles. The van der Waals surface area contributed by atoms with E-state index in [1.165, 1.54) is 25.3 Å². The minimum Gasteiger partial charge on any atom is -0.496 e. The molecule has 2 unspecified atom stereocenters. The second-order valence-corrected chi connectivity index (χ2v) is 11.3. The number of alkyl halides is 9. The Hall–Kier alpha value is -4.89. The largest absolute Gasteiger partial charge is 0.496 e. The number of hydrogen-bond acceptors (Lipinski definition) is 5. The van der Waals surface area contributed by atoms with Gasteiger partial charge in [0.15, 0.2) is 0 Å². The molecule has 4 aromatic rings. The molecule has 266 valence electrons. The molecule has 0 spiro atoms. The third-order valence-electron chi connectivity index (χ3n) is 7.84. The highest BCUT2D eigenvalue weighted by atomic mass is 19.4. The highest BCUT2D eigenvalue weighted by molar-refractivity contribution is 5.89. The molecule has 3 N–H and O–H groups in total. The maximum atomic E-state index is 12.8. The first-order chi connectivity index (χ1) is 23.2. The van der Waals surface area contributed by atoms with Gasteiger partial charge in [0.25, 0.3) is 0 Å². The second kappa shape index (κ2) is 14.5. The lowest BCUT2D eigenvalue weighted by molar-refractivity contribution is -0.143. The Kier molecular flexibility index (Phi) is 11.0. The number of halogens is 9. The summed E-state index contributed by atoms with van der Waals surface area (Å²) in [4.78, 5) is 11.1. The molecule has 0 radical (unpaired) electrons. The molecule has 50 heavy (non-hydrogen) atoms. The van der Waals surface area contributed by atoms with Gasteiger partial charge in [-0.05, 0) is 89.3 Å². The Balaban J connectivity index is 0.000000232. The summed E-state index contributed by atoms with van der Waals surface area (Å²) < 4.78 is 125. The molecular formula is C35H28F9NO5. The fourth-order valence-corrected chi connectivity index (χ4v) is 5.23. The zero-order chi connectivity index (χ0) is 37.2. The Morgan fingerprint density at radius 1 is 0.780 bits per heavy atom. The van der Waals surface area contributed by atoms with E-state index in [0.29, 0.717) is 29.0 Å². The average Bonchev–Trinajstić information content (AvgIpc) is 3.48. The molecule has 1 aliphatic rings. The maximum Gasteiger partial charge on any atom is 0.416 e. The van der Waals surface area contributed by atoms with E-state index in [4.69, 9.17) is 20.0 Å². The normalized spacial score (nSPS) is 15.7. The summed E-state index contributed by atoms with van der Waals surface area (Å²) >= 11 is 0. The SMILES string of the molecule is COc1ccc(-c2ccc(C(=O)O)cc2C)cc1-c1ccc(C(F)(F)F)cc1.N=C1COCC1C(O)c1cc(C(F)(F)F)cc(C(F)(F)F)c1. The van der Waals surface area contributed by atoms with Crippen LogP contribution in [0.2, 0.25) is 0 Å². The lowest BCUT2D eigenvalue weighted by atomic mass is 9.91. The zero-order valence-corrected chi connectivity index (χ0v) is 26.1. The molecule has 6 nitrogen and oxygen atoms in total. The maximum absolute atomic E-state index is 12.8. The molecule has 0 bridgehead atoms. The van der Waals surface area contributed by atoms with Gasteiger partial charge in [0.2, 0.25) is 0 Å². The van der Waals surface area contributed by atoms with Crippen molar-refractivity contribution in [1.29, 1.82) is 5.41 Å². The number of aromatic carboxylic acids is 1. The molecular weight excluding hydrogens is 685 g/mol. The molecule has 2 atom stereocenters. The highest BCUT2D eigenvalue weighted by Crippen LogP contribution is 2.40. The van der Waals surface area contributed by atoms with Crippen molar-refractivity contribution in [3.63, 3.8) is 0 Å². The van der Waals surface area contributed by atoms with E-state index >= 15 is 0 Å². The lowest BCUT2D eigenvalue weighted by Gasteiger charge is -2.20. The van der Waals surface area contributed by atoms with Gasteiger partial charge in [0.05, 0.1) is 54.6 Å². The highest BCUT2D eigenvalue weighted by Gasteiger charge is 2.39. The third kappa shape index (κ3) is 8.82. The molecule has 5 rings (SSSR count). The fraction of sp³-hybridized carbons (Fsp3) is 0.257. The molecule has 1 heterocycles. The van der Waals surface area contributed by atoms with Crippen LogP contribution in [-0.4, -0.2) is 42.2 Å². The molecule has 4 aromatic carbocycles. The van der Waals surface area contributed by atoms with E-state index in [9.17, 15) is 49.4 Å². The van der Waals surface area contributed by atoms with Crippen molar-refractivity contribution in [2.24, 2.45) is 5.92 Å². The van der Waals surface area contributed by atoms with Crippen LogP contribution >= 0.6 is 0 Å². The monoisotopic (exact) mass is 713 g/mol. The quantitative estimate of drug-likeness (QED) is 0.173. The van der Waals surface area contributed by atoms with Crippen molar-refractivity contribution in [3.05, 3.63) is 112 Å². The van der Waals surface area contributed by atoms with Gasteiger partial charge in [-0.3, -0.25) is 0 Å². The number of nitrogens with one attached hydrogen (secondary N) is 1. The topological polar surface area (TPSA) is 99.8 Å². The summed E-state index contributed by atoms with van der Waals surface area (Å²) in [6.07, 6.45) is -16.0. The van der Waals surface area contributed by atoms with Crippen LogP contribution in [0, 0.1) is 18.3 Å². The van der Waals surface area contributed by atoms with Gasteiger partial charge in [0.1, 0.15) is 5.75 Å². The minimum absolute atomic E-state index is 0.00725. The van der Waals surface area contributed by atoms with Crippen molar-refractivity contribution < 1.29 is 64.0 Å². The number of rotatable bonds is 6. The van der Waals surface area contributed by atoms with Crippen LogP contribution in [0.15, 0.2) is 78.9 Å². The number of aliphatic hydroxyl groups is 1. The van der Waals surface area contributed by atoms with Crippen molar-refractivity contribution in [3.8, 4) is 28.0 Å². The van der Waals surface area contributed by atoms with Crippen molar-refractivity contribution in [2.75, 3.05) is 20.3 Å². The predicted molar refractivity (Wildman–Crippen MR) is 164 cm³/mol. The number of benzene rings is 4. The van der Waals surface area contributed by atoms with Crippen LogP contribution in [0.5, 0.6) is 5.75 Å². The van der Waals surface area contributed by atoms with E-state index in [1.54, 1.807) is 18.2 Å². The van der Waals surface area contributed by atoms with Crippen molar-refractivity contribution in [1.82, 2.24) is 0 Å². The molecule has 0 aliphatic carbocycles. The number of methoxy groups -OCH3 is 1. The van der Waals surface area contributed by atoms with Gasteiger partial charge in [0, 0.05) is 11.3 Å². The van der Waals surface area contributed by atoms with E-state index in [-0.39, 0.29) is 30.6 Å². The first-order valence-corrected chi connectivity index (χ1v) is 14.5. The standard InChI is InChI=1S/C22H17F3O3.C13H11F6NO2/c1-13-11-16(21(26)27)5-9-18(13)15-6-10-20(28-2)19(12-15)14-3-7-17(8-4-14)22(23,24)25;14-12(15,16)7-1-6(2-8(3-7)13(17,18)19)11(21)9-4-22-5-10(9)20/h3-12H,1-2H3,(H,26,27);1-3,9,11,20-21H,4-5H2. The van der Waals surface area contributed by atoms with Crippen LogP contribution in [0.25, 0.3) is 22.3 Å². The van der Waals surface area contributed by atoms with Crippen LogP contribution in [0.1, 0.15) is 44.3 Å². The van der Waals surface area contributed by atoms with Gasteiger partial charge in [-0.2, -0.15) is 39.5 Å². The summed E-state index contributed by atoms with van der Waals surface area (Å²) in [5.74, 6) is -1.43. The van der Waals surface area contributed by atoms with Crippen molar-refractivity contribution in [2.45, 2.75) is 31.6 Å². The Morgan fingerprint density at radius 2 is 1.34 bits per heavy atom. The molecule has 15 heteroatoms. The smallest absolute Gasteiger partial charge is 0.416 e. The van der Waals surface area contributed by atoms with E-state index in [0.717, 1.165) is 28.8 Å². The Morgan fingerprint density at radius 3 is 1.80 bits per heavy atom. The number of aliphatic hydroxyl groups excluding tert-OH is 1. The summed E-state index contributed by atoms with van der Waals surface area (Å²) in [6, 6.07) is 16.0. The van der Waals surface area contributed by atoms with E-state index in [1.807, 2.05) is 19.1 Å². The molecule has 1 aliphatic heterocycles. The van der Waals surface area contributed by atoms with Gasteiger partial charge >= 0.3 is 24.5 Å². The summed E-state index contributed by atoms with van der Waals surface area (Å²) in [5.41, 5.74) is -0.468.